The molecule has 1 nitrogen and oxygen atoms in total. The van der Waals surface area contributed by atoms with Crippen molar-refractivity contribution in [1.29, 1.82) is 0 Å². The third kappa shape index (κ3) is 1.91. The van der Waals surface area contributed by atoms with Gasteiger partial charge in [-0.2, -0.15) is 0 Å². The van der Waals surface area contributed by atoms with Gasteiger partial charge in [-0.05, 0) is 0 Å². The van der Waals surface area contributed by atoms with Crippen LogP contribution in [0.2, 0.25) is 0 Å². The van der Waals surface area contributed by atoms with Gasteiger partial charge >= 0.3 is 81.6 Å². The standard InChI is InChI=1S/C6H5.C4H3O.Sn/c1-2-4-6-5-3-1;1-2-4-5-3-1;/h1-5H;1-3H;. The summed E-state index contributed by atoms with van der Waals surface area (Å²) in [5, 5.41) is 0. The first-order valence-corrected chi connectivity index (χ1v) is 6.66. The Morgan fingerprint density at radius 1 is 0.917 bits per heavy atom. The Balaban J connectivity index is 2.15. The number of furan rings is 1. The van der Waals surface area contributed by atoms with Crippen molar-refractivity contribution in [1.82, 2.24) is 0 Å². The van der Waals surface area contributed by atoms with Crippen LogP contribution >= 0.6 is 0 Å². The molecule has 0 amide bonds. The van der Waals surface area contributed by atoms with Gasteiger partial charge in [0.2, 0.25) is 0 Å². The molecule has 2 rings (SSSR count). The Morgan fingerprint density at radius 2 is 1.75 bits per heavy atom. The molecule has 0 fully saturated rings. The summed E-state index contributed by atoms with van der Waals surface area (Å²) in [7, 11) is 0. The van der Waals surface area contributed by atoms with Gasteiger partial charge in [-0.15, -0.1) is 0 Å². The average molecular weight is 263 g/mol. The summed E-state index contributed by atoms with van der Waals surface area (Å²) in [6.07, 6.45) is 1.75. The summed E-state index contributed by atoms with van der Waals surface area (Å²) in [6.45, 7) is 0. The number of hydrogen-bond donors (Lipinski definition) is 0. The maximum absolute atomic E-state index is 5.31. The molecule has 1 aromatic carbocycles. The summed E-state index contributed by atoms with van der Waals surface area (Å²) < 4.78 is 7.95. The number of rotatable bonds is 2. The molecule has 0 atom stereocenters. The van der Waals surface area contributed by atoms with E-state index in [-0.39, 0.29) is 0 Å². The SMILES string of the molecule is c1cc[c]([Sn][c]2ccco2)cc1. The van der Waals surface area contributed by atoms with Crippen molar-refractivity contribution in [3.63, 3.8) is 0 Å². The Bertz CT molecular complexity index is 326. The molecule has 2 radical (unpaired) electrons. The molecule has 0 bridgehead atoms. The van der Waals surface area contributed by atoms with Crippen molar-refractivity contribution in [2.45, 2.75) is 0 Å². The van der Waals surface area contributed by atoms with Crippen LogP contribution in [-0.2, 0) is 0 Å². The normalized spacial score (nSPS) is 10.0. The minimum absolute atomic E-state index is 0.637. The Labute approximate surface area is 81.6 Å². The molecule has 0 aliphatic heterocycles. The molecule has 2 heteroatoms. The fourth-order valence-electron chi connectivity index (χ4n) is 1.01. The molecule has 0 saturated carbocycles. The summed E-state index contributed by atoms with van der Waals surface area (Å²) in [6, 6.07) is 14.6. The van der Waals surface area contributed by atoms with E-state index in [1.165, 1.54) is 7.36 Å². The molecule has 2 aromatic rings. The third-order valence-electron chi connectivity index (χ3n) is 1.56. The van der Waals surface area contributed by atoms with E-state index in [0.717, 1.165) is 0 Å². The van der Waals surface area contributed by atoms with Gasteiger partial charge in [-0.1, -0.05) is 0 Å². The molecule has 0 N–H and O–H groups in total. The second kappa shape index (κ2) is 3.80. The third-order valence-corrected chi connectivity index (χ3v) is 4.85. The van der Waals surface area contributed by atoms with Crippen LogP contribution in [0.1, 0.15) is 0 Å². The van der Waals surface area contributed by atoms with Gasteiger partial charge in [0, 0.05) is 0 Å². The minimum atomic E-state index is -0.637. The van der Waals surface area contributed by atoms with Crippen LogP contribution in [0.5, 0.6) is 0 Å². The molecule has 12 heavy (non-hydrogen) atoms. The predicted molar refractivity (Wildman–Crippen MR) is 50.2 cm³/mol. The van der Waals surface area contributed by atoms with Gasteiger partial charge in [0.1, 0.15) is 0 Å². The maximum atomic E-state index is 5.31. The van der Waals surface area contributed by atoms with Gasteiger partial charge in [0.15, 0.2) is 0 Å². The van der Waals surface area contributed by atoms with Gasteiger partial charge in [0.05, 0.1) is 0 Å². The van der Waals surface area contributed by atoms with E-state index in [1.54, 1.807) is 6.26 Å². The van der Waals surface area contributed by atoms with Crippen molar-refractivity contribution >= 4 is 28.5 Å². The topological polar surface area (TPSA) is 13.1 Å². The van der Waals surface area contributed by atoms with Crippen molar-refractivity contribution in [2.75, 3.05) is 0 Å². The molecule has 0 aliphatic carbocycles. The van der Waals surface area contributed by atoms with E-state index < -0.39 is 21.1 Å². The van der Waals surface area contributed by atoms with Crippen LogP contribution in [0.25, 0.3) is 0 Å². The quantitative estimate of drug-likeness (QED) is 0.735. The van der Waals surface area contributed by atoms with Crippen molar-refractivity contribution < 1.29 is 4.42 Å². The zero-order valence-corrected chi connectivity index (χ0v) is 9.38. The number of hydrogen-bond acceptors (Lipinski definition) is 1. The van der Waals surface area contributed by atoms with Crippen molar-refractivity contribution in [3.05, 3.63) is 48.7 Å². The van der Waals surface area contributed by atoms with Gasteiger partial charge in [0.25, 0.3) is 0 Å². The van der Waals surface area contributed by atoms with E-state index in [4.69, 9.17) is 4.42 Å². The van der Waals surface area contributed by atoms with Crippen LogP contribution in [0.15, 0.2) is 53.1 Å². The molecule has 1 aromatic heterocycles. The Kier molecular flexibility index (Phi) is 2.51. The zero-order valence-electron chi connectivity index (χ0n) is 6.53. The average Bonchev–Trinajstić information content (AvgIpc) is 2.59. The van der Waals surface area contributed by atoms with Crippen LogP contribution in [0.3, 0.4) is 0 Å². The predicted octanol–water partition coefficient (Wildman–Crippen LogP) is 0.935. The fourth-order valence-corrected chi connectivity index (χ4v) is 3.73. The zero-order chi connectivity index (χ0) is 8.23. The van der Waals surface area contributed by atoms with Crippen LogP contribution < -0.4 is 7.36 Å². The summed E-state index contributed by atoms with van der Waals surface area (Å²) in [5.41, 5.74) is 0. The van der Waals surface area contributed by atoms with Crippen LogP contribution in [-0.4, -0.2) is 21.1 Å². The molecule has 0 aliphatic rings. The van der Waals surface area contributed by atoms with Crippen molar-refractivity contribution in [2.24, 2.45) is 0 Å². The first kappa shape index (κ1) is 7.92. The molecular weight excluding hydrogens is 255 g/mol. The van der Waals surface area contributed by atoms with E-state index in [9.17, 15) is 0 Å². The van der Waals surface area contributed by atoms with Gasteiger partial charge in [-0.3, -0.25) is 0 Å². The second-order valence-electron chi connectivity index (χ2n) is 2.47. The Hall–Kier alpha value is -0.701. The molecule has 58 valence electrons. The van der Waals surface area contributed by atoms with Crippen molar-refractivity contribution in [3.8, 4) is 0 Å². The summed E-state index contributed by atoms with van der Waals surface area (Å²) in [5.74, 6) is 0. The van der Waals surface area contributed by atoms with Crippen LogP contribution in [0.4, 0.5) is 0 Å². The summed E-state index contributed by atoms with van der Waals surface area (Å²) >= 11 is -0.637. The fraction of sp³-hybridized carbons (Fsp3) is 0. The van der Waals surface area contributed by atoms with E-state index in [1.807, 2.05) is 12.1 Å². The molecule has 1 heterocycles. The van der Waals surface area contributed by atoms with Gasteiger partial charge in [-0.25, -0.2) is 0 Å². The molecule has 0 unspecified atom stereocenters. The van der Waals surface area contributed by atoms with E-state index >= 15 is 0 Å². The first-order chi connectivity index (χ1) is 5.95. The summed E-state index contributed by atoms with van der Waals surface area (Å²) in [4.78, 5) is 0. The van der Waals surface area contributed by atoms with Crippen LogP contribution in [0, 0.1) is 0 Å². The molecular formula is C10H8OSn. The Morgan fingerprint density at radius 3 is 2.42 bits per heavy atom. The number of benzene rings is 1. The second-order valence-corrected chi connectivity index (χ2v) is 6.24. The first-order valence-electron chi connectivity index (χ1n) is 3.81. The van der Waals surface area contributed by atoms with Gasteiger partial charge < -0.3 is 0 Å². The van der Waals surface area contributed by atoms with E-state index in [2.05, 4.69) is 30.3 Å². The van der Waals surface area contributed by atoms with E-state index in [0.29, 0.717) is 0 Å². The molecule has 0 spiro atoms. The molecule has 0 saturated heterocycles. The monoisotopic (exact) mass is 264 g/mol.